The van der Waals surface area contributed by atoms with Gasteiger partial charge in [0.25, 0.3) is 0 Å². The second-order valence-corrected chi connectivity index (χ2v) is 2.70. The Kier molecular flexibility index (Phi) is 4.04. The summed E-state index contributed by atoms with van der Waals surface area (Å²) in [5.41, 5.74) is 10.1. The molecule has 1 N–H and O–H groups in total. The highest BCUT2D eigenvalue weighted by atomic mass is 16.1. The maximum Gasteiger partial charge on any atom is 0.207 e. The van der Waals surface area contributed by atoms with E-state index in [1.165, 1.54) is 0 Å². The Morgan fingerprint density at radius 2 is 2.00 bits per heavy atom. The van der Waals surface area contributed by atoms with Crippen LogP contribution in [0.25, 0.3) is 10.4 Å². The highest BCUT2D eigenvalue weighted by Crippen LogP contribution is 2.05. The van der Waals surface area contributed by atoms with Gasteiger partial charge < -0.3 is 5.32 Å². The molecule has 0 spiro atoms. The monoisotopic (exact) mass is 190 g/mol. The van der Waals surface area contributed by atoms with E-state index in [4.69, 9.17) is 5.53 Å². The molecule has 0 aliphatic rings. The van der Waals surface area contributed by atoms with E-state index < -0.39 is 0 Å². The third kappa shape index (κ3) is 3.16. The first-order valence-electron chi connectivity index (χ1n) is 4.12. The molecule has 1 rings (SSSR count). The summed E-state index contributed by atoms with van der Waals surface area (Å²) in [4.78, 5) is 12.7. The lowest BCUT2D eigenvalue weighted by molar-refractivity contribution is -0.109. The van der Waals surface area contributed by atoms with E-state index in [0.717, 1.165) is 11.1 Å². The number of hydrogen-bond donors (Lipinski definition) is 1. The number of hydrogen-bond acceptors (Lipinski definition) is 2. The lowest BCUT2D eigenvalue weighted by Gasteiger charge is -2.00. The number of nitrogens with one attached hydrogen (secondary N) is 1. The first-order chi connectivity index (χ1) is 6.86. The highest BCUT2D eigenvalue weighted by Gasteiger charge is 1.92. The molecule has 1 amide bonds. The van der Waals surface area contributed by atoms with Gasteiger partial charge in [-0.15, -0.1) is 0 Å². The van der Waals surface area contributed by atoms with Crippen molar-refractivity contribution in [1.82, 2.24) is 5.32 Å². The van der Waals surface area contributed by atoms with Gasteiger partial charge in [0.2, 0.25) is 6.41 Å². The van der Waals surface area contributed by atoms with Crippen LogP contribution in [0.4, 0.5) is 0 Å². The summed E-state index contributed by atoms with van der Waals surface area (Å²) in [5.74, 6) is 0. The fourth-order valence-electron chi connectivity index (χ4n) is 1.04. The van der Waals surface area contributed by atoms with Gasteiger partial charge in [0, 0.05) is 11.5 Å². The van der Waals surface area contributed by atoms with Crippen molar-refractivity contribution in [1.29, 1.82) is 0 Å². The van der Waals surface area contributed by atoms with Crippen molar-refractivity contribution in [2.24, 2.45) is 5.11 Å². The zero-order chi connectivity index (χ0) is 10.2. The van der Waals surface area contributed by atoms with E-state index in [1.807, 2.05) is 24.3 Å². The number of azide groups is 1. The van der Waals surface area contributed by atoms with Crippen molar-refractivity contribution >= 4 is 6.41 Å². The van der Waals surface area contributed by atoms with Gasteiger partial charge in [-0.2, -0.15) is 0 Å². The molecule has 1 aromatic carbocycles. The van der Waals surface area contributed by atoms with Crippen LogP contribution in [0.1, 0.15) is 11.1 Å². The van der Waals surface area contributed by atoms with Crippen molar-refractivity contribution in [2.75, 3.05) is 0 Å². The Bertz CT molecular complexity index is 340. The zero-order valence-corrected chi connectivity index (χ0v) is 7.55. The predicted octanol–water partition coefficient (Wildman–Crippen LogP) is 1.74. The Labute approximate surface area is 81.4 Å². The fourth-order valence-corrected chi connectivity index (χ4v) is 1.04. The maximum absolute atomic E-state index is 10.0. The summed E-state index contributed by atoms with van der Waals surface area (Å²) in [6.07, 6.45) is 0.661. The Morgan fingerprint density at radius 1 is 1.36 bits per heavy atom. The standard InChI is InChI=1S/C9H10N4O/c10-13-12-6-9-3-1-8(2-4-9)5-11-7-14/h1-4,7H,5-6H2,(H,11,14). The van der Waals surface area contributed by atoms with Gasteiger partial charge >= 0.3 is 0 Å². The minimum Gasteiger partial charge on any atom is -0.355 e. The van der Waals surface area contributed by atoms with Gasteiger partial charge in [-0.25, -0.2) is 0 Å². The molecule has 0 aromatic heterocycles. The Balaban J connectivity index is 2.58. The van der Waals surface area contributed by atoms with Crippen molar-refractivity contribution in [3.05, 3.63) is 45.8 Å². The number of carbonyl (C=O) groups excluding carboxylic acids is 1. The summed E-state index contributed by atoms with van der Waals surface area (Å²) in [6.45, 7) is 0.878. The van der Waals surface area contributed by atoms with E-state index in [9.17, 15) is 4.79 Å². The Hall–Kier alpha value is -2.00. The van der Waals surface area contributed by atoms with Crippen molar-refractivity contribution in [3.8, 4) is 0 Å². The topological polar surface area (TPSA) is 77.9 Å². The molecule has 0 heterocycles. The summed E-state index contributed by atoms with van der Waals surface area (Å²) < 4.78 is 0. The van der Waals surface area contributed by atoms with Crippen LogP contribution in [0.5, 0.6) is 0 Å². The molecule has 0 fully saturated rings. The first-order valence-corrected chi connectivity index (χ1v) is 4.12. The van der Waals surface area contributed by atoms with Gasteiger partial charge in [0.1, 0.15) is 0 Å². The van der Waals surface area contributed by atoms with Crippen LogP contribution in [0.2, 0.25) is 0 Å². The van der Waals surface area contributed by atoms with Crippen LogP contribution in [-0.4, -0.2) is 6.41 Å². The second kappa shape index (κ2) is 5.61. The molecule has 0 unspecified atom stereocenters. The first kappa shape index (κ1) is 10.1. The molecule has 1 aromatic rings. The van der Waals surface area contributed by atoms with Crippen molar-refractivity contribution < 1.29 is 4.79 Å². The van der Waals surface area contributed by atoms with Crippen LogP contribution in [0.3, 0.4) is 0 Å². The minimum absolute atomic E-state index is 0.359. The van der Waals surface area contributed by atoms with Crippen LogP contribution in [-0.2, 0) is 17.9 Å². The van der Waals surface area contributed by atoms with Gasteiger partial charge in [-0.1, -0.05) is 29.4 Å². The van der Waals surface area contributed by atoms with Gasteiger partial charge in [-0.05, 0) is 16.7 Å². The molecule has 72 valence electrons. The molecule has 0 saturated carbocycles. The normalized spacial score (nSPS) is 8.86. The summed E-state index contributed by atoms with van der Waals surface area (Å²) in [7, 11) is 0. The minimum atomic E-state index is 0.359. The van der Waals surface area contributed by atoms with E-state index >= 15 is 0 Å². The molecular formula is C9H10N4O. The third-order valence-corrected chi connectivity index (χ3v) is 1.73. The van der Waals surface area contributed by atoms with Crippen LogP contribution < -0.4 is 5.32 Å². The van der Waals surface area contributed by atoms with Crippen molar-refractivity contribution in [3.63, 3.8) is 0 Å². The molecule has 5 nitrogen and oxygen atoms in total. The Morgan fingerprint density at radius 3 is 2.57 bits per heavy atom. The van der Waals surface area contributed by atoms with E-state index in [0.29, 0.717) is 19.5 Å². The van der Waals surface area contributed by atoms with Crippen LogP contribution in [0, 0.1) is 0 Å². The third-order valence-electron chi connectivity index (χ3n) is 1.73. The number of amides is 1. The average Bonchev–Trinajstić information content (AvgIpc) is 2.25. The molecule has 0 aliphatic carbocycles. The molecular weight excluding hydrogens is 180 g/mol. The quantitative estimate of drug-likeness (QED) is 0.326. The van der Waals surface area contributed by atoms with Crippen LogP contribution in [0.15, 0.2) is 29.4 Å². The zero-order valence-electron chi connectivity index (χ0n) is 7.55. The van der Waals surface area contributed by atoms with Crippen LogP contribution >= 0.6 is 0 Å². The van der Waals surface area contributed by atoms with Crippen molar-refractivity contribution in [2.45, 2.75) is 13.1 Å². The molecule has 0 bridgehead atoms. The lowest BCUT2D eigenvalue weighted by atomic mass is 10.1. The molecule has 5 heteroatoms. The highest BCUT2D eigenvalue weighted by molar-refractivity contribution is 5.46. The largest absolute Gasteiger partial charge is 0.355 e. The summed E-state index contributed by atoms with van der Waals surface area (Å²) in [6, 6.07) is 7.52. The molecule has 0 saturated heterocycles. The number of nitrogens with zero attached hydrogens (tertiary/aromatic N) is 3. The molecule has 0 radical (unpaired) electrons. The SMILES string of the molecule is [N-]=[N+]=NCc1ccc(CNC=O)cc1. The van der Waals surface area contributed by atoms with E-state index in [-0.39, 0.29) is 0 Å². The molecule has 14 heavy (non-hydrogen) atoms. The molecule has 0 aliphatic heterocycles. The predicted molar refractivity (Wildman–Crippen MR) is 52.2 cm³/mol. The van der Waals surface area contributed by atoms with Gasteiger partial charge in [0.05, 0.1) is 6.54 Å². The number of carbonyl (C=O) groups is 1. The smallest absolute Gasteiger partial charge is 0.207 e. The maximum atomic E-state index is 10.0. The number of rotatable bonds is 5. The lowest BCUT2D eigenvalue weighted by Crippen LogP contribution is -2.09. The average molecular weight is 190 g/mol. The molecule has 0 atom stereocenters. The van der Waals surface area contributed by atoms with Gasteiger partial charge in [-0.3, -0.25) is 4.79 Å². The van der Waals surface area contributed by atoms with Gasteiger partial charge in [0.15, 0.2) is 0 Å². The second-order valence-electron chi connectivity index (χ2n) is 2.70. The number of benzene rings is 1. The van der Waals surface area contributed by atoms with E-state index in [1.54, 1.807) is 0 Å². The fraction of sp³-hybridized carbons (Fsp3) is 0.222. The summed E-state index contributed by atoms with van der Waals surface area (Å²) >= 11 is 0. The summed E-state index contributed by atoms with van der Waals surface area (Å²) in [5, 5.41) is 6.01. The van der Waals surface area contributed by atoms with E-state index in [2.05, 4.69) is 15.3 Å².